The van der Waals surface area contributed by atoms with E-state index in [0.29, 0.717) is 0 Å². The van der Waals surface area contributed by atoms with E-state index in [0.717, 1.165) is 56.2 Å². The van der Waals surface area contributed by atoms with Gasteiger partial charge < -0.3 is 9.64 Å². The summed E-state index contributed by atoms with van der Waals surface area (Å²) in [6, 6.07) is 8.40. The van der Waals surface area contributed by atoms with Crippen LogP contribution < -0.4 is 4.90 Å². The number of anilines is 1. The van der Waals surface area contributed by atoms with Gasteiger partial charge in [-0.05, 0) is 31.0 Å². The Morgan fingerprint density at radius 2 is 1.92 bits per heavy atom. The molecule has 2 aliphatic rings. The minimum atomic E-state index is -0.0583. The van der Waals surface area contributed by atoms with Crippen molar-refractivity contribution in [1.82, 2.24) is 19.6 Å². The van der Waals surface area contributed by atoms with Crippen molar-refractivity contribution in [3.63, 3.8) is 0 Å². The van der Waals surface area contributed by atoms with E-state index in [1.807, 2.05) is 29.2 Å². The van der Waals surface area contributed by atoms with Crippen LogP contribution in [-0.2, 0) is 10.2 Å². The van der Waals surface area contributed by atoms with Crippen LogP contribution in [0.25, 0.3) is 5.65 Å². The van der Waals surface area contributed by atoms with Crippen LogP contribution >= 0.6 is 0 Å². The Kier molecular flexibility index (Phi) is 3.45. The second-order valence-corrected chi connectivity index (χ2v) is 6.89. The van der Waals surface area contributed by atoms with Crippen LogP contribution in [0.3, 0.4) is 0 Å². The van der Waals surface area contributed by atoms with Crippen LogP contribution in [-0.4, -0.2) is 45.9 Å². The van der Waals surface area contributed by atoms with Crippen molar-refractivity contribution >= 4 is 11.3 Å². The molecule has 0 radical (unpaired) electrons. The fraction of sp³-hybridized carbons (Fsp3) is 0.421. The molecule has 1 saturated heterocycles. The minimum absolute atomic E-state index is 0.0583. The molecule has 0 atom stereocenters. The van der Waals surface area contributed by atoms with E-state index in [2.05, 4.69) is 28.1 Å². The number of rotatable bonds is 3. The summed E-state index contributed by atoms with van der Waals surface area (Å²) in [7, 11) is 0. The molecule has 3 aromatic heterocycles. The Balaban J connectivity index is 1.49. The van der Waals surface area contributed by atoms with E-state index in [4.69, 9.17) is 14.8 Å². The molecule has 6 heteroatoms. The largest absolute Gasteiger partial charge is 0.378 e. The third kappa shape index (κ3) is 2.40. The van der Waals surface area contributed by atoms with Crippen LogP contribution in [0.4, 0.5) is 5.69 Å². The summed E-state index contributed by atoms with van der Waals surface area (Å²) in [5, 5.41) is 4.78. The van der Waals surface area contributed by atoms with E-state index in [1.54, 1.807) is 0 Å². The number of ether oxygens (including phenoxy) is 1. The van der Waals surface area contributed by atoms with Gasteiger partial charge in [0.05, 0.1) is 41.9 Å². The van der Waals surface area contributed by atoms with Gasteiger partial charge in [0.15, 0.2) is 5.65 Å². The maximum atomic E-state index is 5.43. The molecular formula is C19H21N5O. The lowest BCUT2D eigenvalue weighted by atomic mass is 9.64. The number of fused-ring (bicyclic) bond motifs is 1. The summed E-state index contributed by atoms with van der Waals surface area (Å²) in [5.41, 5.74) is 4.23. The van der Waals surface area contributed by atoms with Crippen molar-refractivity contribution < 1.29 is 4.74 Å². The normalized spacial score (nSPS) is 19.8. The molecule has 1 aliphatic carbocycles. The first-order valence-corrected chi connectivity index (χ1v) is 8.95. The molecule has 25 heavy (non-hydrogen) atoms. The van der Waals surface area contributed by atoms with Gasteiger partial charge in [0, 0.05) is 31.5 Å². The molecule has 0 amide bonds. The molecular weight excluding hydrogens is 314 g/mol. The highest BCUT2D eigenvalue weighted by Gasteiger charge is 2.44. The Morgan fingerprint density at radius 3 is 2.60 bits per heavy atom. The Morgan fingerprint density at radius 1 is 1.04 bits per heavy atom. The zero-order valence-corrected chi connectivity index (χ0v) is 14.1. The van der Waals surface area contributed by atoms with Gasteiger partial charge in [-0.3, -0.25) is 4.98 Å². The SMILES string of the molecule is c1cnc2cc(C3(c4ccc(N5CCOCC5)cn4)CCC3)nn2c1. The molecule has 128 valence electrons. The fourth-order valence-electron chi connectivity index (χ4n) is 3.92. The van der Waals surface area contributed by atoms with Crippen molar-refractivity contribution in [2.75, 3.05) is 31.2 Å². The molecule has 0 aromatic carbocycles. The van der Waals surface area contributed by atoms with Gasteiger partial charge in [-0.1, -0.05) is 6.42 Å². The van der Waals surface area contributed by atoms with E-state index in [1.165, 1.54) is 12.1 Å². The molecule has 0 N–H and O–H groups in total. The van der Waals surface area contributed by atoms with Crippen molar-refractivity contribution in [3.05, 3.63) is 54.2 Å². The summed E-state index contributed by atoms with van der Waals surface area (Å²) in [6.07, 6.45) is 9.18. The summed E-state index contributed by atoms with van der Waals surface area (Å²) in [5.74, 6) is 0. The number of morpholine rings is 1. The van der Waals surface area contributed by atoms with Crippen LogP contribution in [0.1, 0.15) is 30.7 Å². The van der Waals surface area contributed by atoms with Crippen molar-refractivity contribution in [3.8, 4) is 0 Å². The van der Waals surface area contributed by atoms with E-state index < -0.39 is 0 Å². The predicted molar refractivity (Wildman–Crippen MR) is 94.9 cm³/mol. The molecule has 1 aliphatic heterocycles. The highest BCUT2D eigenvalue weighted by molar-refractivity contribution is 5.49. The lowest BCUT2D eigenvalue weighted by Crippen LogP contribution is -2.38. The second kappa shape index (κ2) is 5.81. The van der Waals surface area contributed by atoms with Gasteiger partial charge in [-0.25, -0.2) is 9.50 Å². The number of pyridine rings is 1. The Bertz CT molecular complexity index is 845. The van der Waals surface area contributed by atoms with Crippen LogP contribution in [0.5, 0.6) is 0 Å². The average Bonchev–Trinajstić information content (AvgIpc) is 3.06. The number of nitrogens with zero attached hydrogens (tertiary/aromatic N) is 5. The lowest BCUT2D eigenvalue weighted by Gasteiger charge is -2.40. The molecule has 1 saturated carbocycles. The maximum absolute atomic E-state index is 5.43. The van der Waals surface area contributed by atoms with Gasteiger partial charge in [0.25, 0.3) is 0 Å². The highest BCUT2D eigenvalue weighted by atomic mass is 16.5. The van der Waals surface area contributed by atoms with Gasteiger partial charge in [0.1, 0.15) is 0 Å². The predicted octanol–water partition coefficient (Wildman–Crippen LogP) is 2.43. The Labute approximate surface area is 146 Å². The minimum Gasteiger partial charge on any atom is -0.378 e. The summed E-state index contributed by atoms with van der Waals surface area (Å²) in [4.78, 5) is 11.6. The summed E-state index contributed by atoms with van der Waals surface area (Å²) in [6.45, 7) is 3.45. The van der Waals surface area contributed by atoms with Crippen LogP contribution in [0, 0.1) is 0 Å². The molecule has 4 heterocycles. The van der Waals surface area contributed by atoms with Crippen molar-refractivity contribution in [2.24, 2.45) is 0 Å². The zero-order valence-electron chi connectivity index (χ0n) is 14.1. The highest BCUT2D eigenvalue weighted by Crippen LogP contribution is 2.47. The molecule has 5 rings (SSSR count). The number of hydrogen-bond donors (Lipinski definition) is 0. The zero-order chi connectivity index (χ0) is 16.7. The van der Waals surface area contributed by atoms with E-state index >= 15 is 0 Å². The molecule has 0 bridgehead atoms. The molecule has 2 fully saturated rings. The number of hydrogen-bond acceptors (Lipinski definition) is 5. The Hall–Kier alpha value is -2.47. The average molecular weight is 335 g/mol. The smallest absolute Gasteiger partial charge is 0.155 e. The molecule has 0 unspecified atom stereocenters. The number of aromatic nitrogens is 4. The van der Waals surface area contributed by atoms with Gasteiger partial charge in [-0.2, -0.15) is 5.10 Å². The quantitative estimate of drug-likeness (QED) is 0.736. The molecule has 0 spiro atoms. The second-order valence-electron chi connectivity index (χ2n) is 6.89. The monoisotopic (exact) mass is 335 g/mol. The standard InChI is InChI=1S/C19H21N5O/c1-5-19(6-1,17-13-18-20-7-2-8-24(18)22-17)16-4-3-15(14-21-16)23-9-11-25-12-10-23/h2-4,7-8,13-14H,1,5-6,9-12H2. The first kappa shape index (κ1) is 14.8. The van der Waals surface area contributed by atoms with Crippen molar-refractivity contribution in [1.29, 1.82) is 0 Å². The third-order valence-corrected chi connectivity index (χ3v) is 5.55. The van der Waals surface area contributed by atoms with Crippen LogP contribution in [0.2, 0.25) is 0 Å². The van der Waals surface area contributed by atoms with Crippen molar-refractivity contribution in [2.45, 2.75) is 24.7 Å². The lowest BCUT2D eigenvalue weighted by molar-refractivity contribution is 0.122. The maximum Gasteiger partial charge on any atom is 0.155 e. The van der Waals surface area contributed by atoms with Gasteiger partial charge >= 0.3 is 0 Å². The van der Waals surface area contributed by atoms with Crippen LogP contribution in [0.15, 0.2) is 42.9 Å². The summed E-state index contributed by atoms with van der Waals surface area (Å²) < 4.78 is 7.29. The third-order valence-electron chi connectivity index (χ3n) is 5.55. The topological polar surface area (TPSA) is 55.5 Å². The molecule has 6 nitrogen and oxygen atoms in total. The van der Waals surface area contributed by atoms with Gasteiger partial charge in [0.2, 0.25) is 0 Å². The first-order chi connectivity index (χ1) is 12.4. The molecule has 3 aromatic rings. The summed E-state index contributed by atoms with van der Waals surface area (Å²) >= 11 is 0. The van der Waals surface area contributed by atoms with E-state index in [9.17, 15) is 0 Å². The first-order valence-electron chi connectivity index (χ1n) is 8.95. The van der Waals surface area contributed by atoms with E-state index in [-0.39, 0.29) is 5.41 Å². The van der Waals surface area contributed by atoms with Gasteiger partial charge in [-0.15, -0.1) is 0 Å². The fourth-order valence-corrected chi connectivity index (χ4v) is 3.92.